The number of rotatable bonds is 5. The van der Waals surface area contributed by atoms with Crippen molar-refractivity contribution in [1.29, 1.82) is 0 Å². The minimum absolute atomic E-state index is 0.148. The molecule has 0 saturated heterocycles. The van der Waals surface area contributed by atoms with Gasteiger partial charge in [0.25, 0.3) is 5.91 Å². The average Bonchev–Trinajstić information content (AvgIpc) is 3.10. The van der Waals surface area contributed by atoms with Crippen molar-refractivity contribution in [1.82, 2.24) is 9.97 Å². The van der Waals surface area contributed by atoms with Gasteiger partial charge in [-0.2, -0.15) is 0 Å². The first-order valence-electron chi connectivity index (χ1n) is 8.28. The van der Waals surface area contributed by atoms with Gasteiger partial charge in [0.2, 0.25) is 5.78 Å². The molecule has 0 aliphatic rings. The topological polar surface area (TPSA) is 113 Å². The molecule has 0 fully saturated rings. The number of aromatic amines is 1. The summed E-state index contributed by atoms with van der Waals surface area (Å²) in [4.78, 5) is 42.0. The molecule has 8 nitrogen and oxygen atoms in total. The van der Waals surface area contributed by atoms with Crippen molar-refractivity contribution in [3.63, 3.8) is 0 Å². The molecule has 1 aromatic carbocycles. The van der Waals surface area contributed by atoms with Crippen molar-refractivity contribution >= 4 is 40.2 Å². The number of nitrogens with zero attached hydrogens (tertiary/aromatic N) is 1. The van der Waals surface area contributed by atoms with E-state index in [2.05, 4.69) is 25.3 Å². The molecule has 0 aliphatic heterocycles. The molecule has 0 spiro atoms. The van der Waals surface area contributed by atoms with Crippen LogP contribution in [0.2, 0.25) is 0 Å². The molecule has 0 bridgehead atoms. The maximum Gasteiger partial charge on any atom is 0.411 e. The molecule has 0 saturated carbocycles. The molecule has 2 amide bonds. The van der Waals surface area contributed by atoms with Gasteiger partial charge in [0.1, 0.15) is 5.65 Å². The standard InChI is InChI=1S/C19H18N4O4/c1-3-16(24)18(25)22-12-6-4-5-11(7-12)15-10-21-17-14(15)8-13(9-20-17)23-19(26)27-2/h4-10H,3H2,1-2H3,(H,20,21)(H,22,25)(H,23,26). The van der Waals surface area contributed by atoms with Crippen LogP contribution < -0.4 is 10.6 Å². The Bertz CT molecular complexity index is 1030. The normalized spacial score (nSPS) is 10.4. The number of fused-ring (bicyclic) bond motifs is 1. The first-order chi connectivity index (χ1) is 13.0. The lowest BCUT2D eigenvalue weighted by molar-refractivity contribution is -0.134. The van der Waals surface area contributed by atoms with Crippen LogP contribution in [-0.4, -0.2) is 34.9 Å². The van der Waals surface area contributed by atoms with E-state index < -0.39 is 17.8 Å². The van der Waals surface area contributed by atoms with Gasteiger partial charge in [-0.05, 0) is 23.8 Å². The van der Waals surface area contributed by atoms with E-state index in [4.69, 9.17) is 0 Å². The van der Waals surface area contributed by atoms with Crippen LogP contribution in [0.1, 0.15) is 13.3 Å². The zero-order chi connectivity index (χ0) is 19.4. The molecular formula is C19H18N4O4. The first-order valence-corrected chi connectivity index (χ1v) is 8.28. The van der Waals surface area contributed by atoms with Crippen molar-refractivity contribution in [3.05, 3.63) is 42.7 Å². The molecule has 0 atom stereocenters. The zero-order valence-corrected chi connectivity index (χ0v) is 14.8. The lowest BCUT2D eigenvalue weighted by Crippen LogP contribution is -2.21. The van der Waals surface area contributed by atoms with Crippen LogP contribution in [0.15, 0.2) is 42.7 Å². The Labute approximate surface area is 154 Å². The molecule has 0 unspecified atom stereocenters. The van der Waals surface area contributed by atoms with Crippen LogP contribution in [0, 0.1) is 0 Å². The molecular weight excluding hydrogens is 348 g/mol. The molecule has 0 aliphatic carbocycles. The quantitative estimate of drug-likeness (QED) is 0.600. The highest BCUT2D eigenvalue weighted by molar-refractivity contribution is 6.40. The number of carbonyl (C=O) groups is 3. The van der Waals surface area contributed by atoms with Crippen LogP contribution in [0.3, 0.4) is 0 Å². The molecule has 3 N–H and O–H groups in total. The molecule has 2 heterocycles. The predicted octanol–water partition coefficient (Wildman–Crippen LogP) is 3.33. The number of ether oxygens (including phenoxy) is 1. The molecule has 138 valence electrons. The number of anilines is 2. The van der Waals surface area contributed by atoms with E-state index >= 15 is 0 Å². The van der Waals surface area contributed by atoms with E-state index in [1.54, 1.807) is 37.4 Å². The molecule has 0 radical (unpaired) electrons. The maximum absolute atomic E-state index is 11.8. The van der Waals surface area contributed by atoms with Crippen LogP contribution in [-0.2, 0) is 14.3 Å². The van der Waals surface area contributed by atoms with Gasteiger partial charge in [0, 0.05) is 29.3 Å². The van der Waals surface area contributed by atoms with E-state index in [-0.39, 0.29) is 6.42 Å². The number of hydrogen-bond donors (Lipinski definition) is 3. The van der Waals surface area contributed by atoms with E-state index in [0.29, 0.717) is 17.0 Å². The second-order valence-electron chi connectivity index (χ2n) is 5.75. The lowest BCUT2D eigenvalue weighted by atomic mass is 10.0. The van der Waals surface area contributed by atoms with Crippen LogP contribution in [0.25, 0.3) is 22.2 Å². The van der Waals surface area contributed by atoms with Crippen molar-refractivity contribution < 1.29 is 19.1 Å². The Balaban J connectivity index is 1.94. The average molecular weight is 366 g/mol. The maximum atomic E-state index is 11.8. The number of methoxy groups -OCH3 is 1. The molecule has 27 heavy (non-hydrogen) atoms. The Morgan fingerprint density at radius 3 is 2.70 bits per heavy atom. The number of aromatic nitrogens is 2. The minimum Gasteiger partial charge on any atom is -0.453 e. The molecule has 3 aromatic rings. The number of benzene rings is 1. The second-order valence-corrected chi connectivity index (χ2v) is 5.75. The highest BCUT2D eigenvalue weighted by Gasteiger charge is 2.13. The van der Waals surface area contributed by atoms with Crippen LogP contribution >= 0.6 is 0 Å². The number of nitrogens with one attached hydrogen (secondary N) is 3. The number of carbonyl (C=O) groups excluding carboxylic acids is 3. The largest absolute Gasteiger partial charge is 0.453 e. The lowest BCUT2D eigenvalue weighted by Gasteiger charge is -2.07. The summed E-state index contributed by atoms with van der Waals surface area (Å²) in [5, 5.41) is 5.97. The number of H-pyrrole nitrogens is 1. The summed E-state index contributed by atoms with van der Waals surface area (Å²) in [6, 6.07) is 8.91. The third-order valence-corrected chi connectivity index (χ3v) is 3.97. The Kier molecular flexibility index (Phi) is 5.16. The van der Waals surface area contributed by atoms with Gasteiger partial charge in [-0.15, -0.1) is 0 Å². The summed E-state index contributed by atoms with van der Waals surface area (Å²) in [7, 11) is 1.28. The number of pyridine rings is 1. The van der Waals surface area contributed by atoms with Gasteiger partial charge in [-0.25, -0.2) is 9.78 Å². The number of hydrogen-bond acceptors (Lipinski definition) is 5. The van der Waals surface area contributed by atoms with Crippen molar-refractivity contribution in [2.24, 2.45) is 0 Å². The Hall–Kier alpha value is -3.68. The van der Waals surface area contributed by atoms with Gasteiger partial charge in [0.05, 0.1) is 19.0 Å². The van der Waals surface area contributed by atoms with Gasteiger partial charge >= 0.3 is 6.09 Å². The van der Waals surface area contributed by atoms with E-state index in [1.807, 2.05) is 6.07 Å². The Morgan fingerprint density at radius 2 is 1.96 bits per heavy atom. The van der Waals surface area contributed by atoms with Gasteiger partial charge in [-0.3, -0.25) is 14.9 Å². The highest BCUT2D eigenvalue weighted by atomic mass is 16.5. The summed E-state index contributed by atoms with van der Waals surface area (Å²) >= 11 is 0. The fourth-order valence-corrected chi connectivity index (χ4v) is 2.61. The predicted molar refractivity (Wildman–Crippen MR) is 101 cm³/mol. The first kappa shape index (κ1) is 18.1. The fourth-order valence-electron chi connectivity index (χ4n) is 2.61. The molecule has 3 rings (SSSR count). The smallest absolute Gasteiger partial charge is 0.411 e. The summed E-state index contributed by atoms with van der Waals surface area (Å²) in [5.74, 6) is -1.12. The summed E-state index contributed by atoms with van der Waals surface area (Å²) in [5.41, 5.74) is 3.32. The SMILES string of the molecule is CCC(=O)C(=O)Nc1cccc(-c2c[nH]c3ncc(NC(=O)OC)cc23)c1. The third kappa shape index (κ3) is 3.95. The van der Waals surface area contributed by atoms with Crippen LogP contribution in [0.5, 0.6) is 0 Å². The summed E-state index contributed by atoms with van der Waals surface area (Å²) in [6.07, 6.45) is 2.87. The van der Waals surface area contributed by atoms with E-state index in [1.165, 1.54) is 13.3 Å². The highest BCUT2D eigenvalue weighted by Crippen LogP contribution is 2.30. The van der Waals surface area contributed by atoms with Gasteiger partial charge < -0.3 is 15.0 Å². The van der Waals surface area contributed by atoms with Crippen LogP contribution in [0.4, 0.5) is 16.2 Å². The van der Waals surface area contributed by atoms with E-state index in [0.717, 1.165) is 16.5 Å². The molecule has 2 aromatic heterocycles. The van der Waals surface area contributed by atoms with Gasteiger partial charge in [-0.1, -0.05) is 19.1 Å². The summed E-state index contributed by atoms with van der Waals surface area (Å²) < 4.78 is 4.59. The van der Waals surface area contributed by atoms with Gasteiger partial charge in [0.15, 0.2) is 0 Å². The number of amides is 2. The second kappa shape index (κ2) is 7.69. The summed E-state index contributed by atoms with van der Waals surface area (Å²) in [6.45, 7) is 1.64. The fraction of sp³-hybridized carbons (Fsp3) is 0.158. The number of ketones is 1. The monoisotopic (exact) mass is 366 g/mol. The molecule has 8 heteroatoms. The van der Waals surface area contributed by atoms with Crippen molar-refractivity contribution in [2.45, 2.75) is 13.3 Å². The third-order valence-electron chi connectivity index (χ3n) is 3.97. The van der Waals surface area contributed by atoms with E-state index in [9.17, 15) is 14.4 Å². The Morgan fingerprint density at radius 1 is 1.15 bits per heavy atom. The minimum atomic E-state index is -0.639. The van der Waals surface area contributed by atoms with Crippen molar-refractivity contribution in [2.75, 3.05) is 17.7 Å². The van der Waals surface area contributed by atoms with Crippen molar-refractivity contribution in [3.8, 4) is 11.1 Å². The zero-order valence-electron chi connectivity index (χ0n) is 14.8. The number of Topliss-reactive ketones (excluding diaryl/α,β-unsaturated/α-hetero) is 1.